The fraction of sp³-hybridized carbons (Fsp3) is 1.00. The molecule has 86 valence electrons. The molecule has 0 aromatic rings. The third kappa shape index (κ3) is 9.19. The largest absolute Gasteiger partial charge is 0.392 e. The van der Waals surface area contributed by atoms with Crippen molar-refractivity contribution in [1.29, 1.82) is 0 Å². The van der Waals surface area contributed by atoms with Crippen molar-refractivity contribution in [1.82, 2.24) is 0 Å². The molecule has 2 nitrogen and oxygen atoms in total. The molecule has 0 radical (unpaired) electrons. The normalized spacial score (nSPS) is 15.4. The van der Waals surface area contributed by atoms with E-state index in [1.54, 1.807) is 23.5 Å². The Balaban J connectivity index is 3.06. The van der Waals surface area contributed by atoms with Crippen LogP contribution in [0, 0.1) is 0 Å². The summed E-state index contributed by atoms with van der Waals surface area (Å²) in [5.41, 5.74) is 0. The van der Waals surface area contributed by atoms with Crippen LogP contribution in [-0.2, 0) is 0 Å². The Morgan fingerprint density at radius 2 is 1.21 bits per heavy atom. The Hall–Kier alpha value is 0.620. The van der Waals surface area contributed by atoms with Crippen LogP contribution in [0.2, 0.25) is 0 Å². The highest BCUT2D eigenvalue weighted by Gasteiger charge is 2.02. The summed E-state index contributed by atoms with van der Waals surface area (Å²) in [7, 11) is 0. The van der Waals surface area contributed by atoms with Crippen molar-refractivity contribution in [2.75, 3.05) is 23.0 Å². The van der Waals surface area contributed by atoms with Crippen LogP contribution in [0.5, 0.6) is 0 Å². The number of hydrogen-bond donors (Lipinski definition) is 2. The Morgan fingerprint density at radius 3 is 1.50 bits per heavy atom. The van der Waals surface area contributed by atoms with Crippen LogP contribution in [0.1, 0.15) is 26.7 Å². The number of aliphatic hydroxyl groups excluding tert-OH is 2. The van der Waals surface area contributed by atoms with Crippen LogP contribution in [0.25, 0.3) is 0 Å². The van der Waals surface area contributed by atoms with Crippen LogP contribution < -0.4 is 0 Å². The van der Waals surface area contributed by atoms with Crippen LogP contribution in [0.4, 0.5) is 0 Å². The van der Waals surface area contributed by atoms with E-state index in [9.17, 15) is 10.2 Å². The van der Waals surface area contributed by atoms with Crippen molar-refractivity contribution in [3.05, 3.63) is 0 Å². The molecule has 14 heavy (non-hydrogen) atoms. The van der Waals surface area contributed by atoms with Gasteiger partial charge in [0.2, 0.25) is 0 Å². The molecule has 2 atom stereocenters. The monoisotopic (exact) mass is 238 g/mol. The first-order valence-corrected chi connectivity index (χ1v) is 7.53. The van der Waals surface area contributed by atoms with Crippen LogP contribution in [0.15, 0.2) is 0 Å². The van der Waals surface area contributed by atoms with Gasteiger partial charge in [0, 0.05) is 23.0 Å². The minimum absolute atomic E-state index is 0.147. The molecule has 0 amide bonds. The summed E-state index contributed by atoms with van der Waals surface area (Å²) in [6.45, 7) is 4.00. The molecule has 2 N–H and O–H groups in total. The maximum Gasteiger partial charge on any atom is 0.0628 e. The van der Waals surface area contributed by atoms with E-state index in [2.05, 4.69) is 0 Å². The minimum atomic E-state index is -0.147. The minimum Gasteiger partial charge on any atom is -0.392 e. The molecule has 2 unspecified atom stereocenters. The molecule has 0 aromatic heterocycles. The fourth-order valence-electron chi connectivity index (χ4n) is 0.792. The molecule has 4 heteroatoms. The van der Waals surface area contributed by atoms with E-state index in [0.717, 1.165) is 35.9 Å². The van der Waals surface area contributed by atoms with Gasteiger partial charge in [-0.2, -0.15) is 23.5 Å². The molecule has 0 fully saturated rings. The van der Waals surface area contributed by atoms with E-state index in [4.69, 9.17) is 0 Å². The summed E-state index contributed by atoms with van der Waals surface area (Å²) >= 11 is 3.59. The smallest absolute Gasteiger partial charge is 0.0628 e. The first-order chi connectivity index (χ1) is 6.70. The SMILES string of the molecule is CCC(O)CSCCSCC(O)CC. The fourth-order valence-corrected chi connectivity index (χ4v) is 3.08. The summed E-state index contributed by atoms with van der Waals surface area (Å²) < 4.78 is 0. The Labute approximate surface area is 95.9 Å². The summed E-state index contributed by atoms with van der Waals surface area (Å²) in [5, 5.41) is 18.5. The topological polar surface area (TPSA) is 40.5 Å². The molecule has 0 bridgehead atoms. The zero-order valence-corrected chi connectivity index (χ0v) is 10.7. The van der Waals surface area contributed by atoms with Crippen molar-refractivity contribution in [2.24, 2.45) is 0 Å². The highest BCUT2D eigenvalue weighted by atomic mass is 32.2. The van der Waals surface area contributed by atoms with Gasteiger partial charge < -0.3 is 10.2 Å². The first-order valence-electron chi connectivity index (χ1n) is 5.22. The molecule has 0 aromatic carbocycles. The van der Waals surface area contributed by atoms with Gasteiger partial charge in [0.15, 0.2) is 0 Å². The van der Waals surface area contributed by atoms with Gasteiger partial charge in [0.1, 0.15) is 0 Å². The predicted octanol–water partition coefficient (Wildman–Crippen LogP) is 1.99. The van der Waals surface area contributed by atoms with Crippen molar-refractivity contribution in [3.8, 4) is 0 Å². The lowest BCUT2D eigenvalue weighted by Crippen LogP contribution is -2.10. The van der Waals surface area contributed by atoms with Crippen molar-refractivity contribution in [3.63, 3.8) is 0 Å². The quantitative estimate of drug-likeness (QED) is 0.603. The first kappa shape index (κ1) is 14.6. The third-order valence-electron chi connectivity index (χ3n) is 1.93. The summed E-state index contributed by atoms with van der Waals surface area (Å²) in [4.78, 5) is 0. The van der Waals surface area contributed by atoms with E-state index in [-0.39, 0.29) is 12.2 Å². The summed E-state index contributed by atoms with van der Waals surface area (Å²) in [6.07, 6.45) is 1.39. The van der Waals surface area contributed by atoms with Crippen LogP contribution >= 0.6 is 23.5 Å². The molecule has 0 saturated heterocycles. The molecule has 0 spiro atoms. The van der Waals surface area contributed by atoms with Gasteiger partial charge in [0.25, 0.3) is 0 Å². The number of aliphatic hydroxyl groups is 2. The summed E-state index contributed by atoms with van der Waals surface area (Å²) in [5.74, 6) is 3.82. The highest BCUT2D eigenvalue weighted by Crippen LogP contribution is 2.11. The Kier molecular flexibility index (Phi) is 10.6. The lowest BCUT2D eigenvalue weighted by molar-refractivity contribution is 0.195. The molecular formula is C10H22O2S2. The second-order valence-corrected chi connectivity index (χ2v) is 5.57. The van der Waals surface area contributed by atoms with E-state index in [0.29, 0.717) is 0 Å². The van der Waals surface area contributed by atoms with Crippen molar-refractivity contribution in [2.45, 2.75) is 38.9 Å². The molecule has 0 aliphatic heterocycles. The van der Waals surface area contributed by atoms with Crippen LogP contribution in [-0.4, -0.2) is 45.4 Å². The maximum absolute atomic E-state index is 9.27. The number of hydrogen-bond acceptors (Lipinski definition) is 4. The molecule has 0 aliphatic carbocycles. The zero-order valence-electron chi connectivity index (χ0n) is 9.11. The van der Waals surface area contributed by atoms with Gasteiger partial charge in [-0.15, -0.1) is 0 Å². The predicted molar refractivity (Wildman–Crippen MR) is 67.2 cm³/mol. The highest BCUT2D eigenvalue weighted by molar-refractivity contribution is 8.02. The number of thioether (sulfide) groups is 2. The third-order valence-corrected chi connectivity index (χ3v) is 4.42. The van der Waals surface area contributed by atoms with Crippen molar-refractivity contribution < 1.29 is 10.2 Å². The van der Waals surface area contributed by atoms with Gasteiger partial charge in [-0.3, -0.25) is 0 Å². The average molecular weight is 238 g/mol. The van der Waals surface area contributed by atoms with Gasteiger partial charge in [-0.25, -0.2) is 0 Å². The molecule has 0 heterocycles. The van der Waals surface area contributed by atoms with E-state index in [1.165, 1.54) is 0 Å². The molecule has 0 rings (SSSR count). The van der Waals surface area contributed by atoms with Gasteiger partial charge in [0.05, 0.1) is 12.2 Å². The van der Waals surface area contributed by atoms with E-state index >= 15 is 0 Å². The second kappa shape index (κ2) is 10.1. The Bertz CT molecular complexity index is 109. The lowest BCUT2D eigenvalue weighted by atomic mass is 10.3. The molecule has 0 saturated carbocycles. The lowest BCUT2D eigenvalue weighted by Gasteiger charge is -2.08. The zero-order chi connectivity index (χ0) is 10.8. The Morgan fingerprint density at radius 1 is 0.857 bits per heavy atom. The van der Waals surface area contributed by atoms with E-state index < -0.39 is 0 Å². The second-order valence-electron chi connectivity index (χ2n) is 3.27. The van der Waals surface area contributed by atoms with Gasteiger partial charge in [-0.1, -0.05) is 13.8 Å². The van der Waals surface area contributed by atoms with Gasteiger partial charge in [-0.05, 0) is 12.8 Å². The molecule has 0 aliphatic rings. The maximum atomic E-state index is 9.27. The summed E-state index contributed by atoms with van der Waals surface area (Å²) in [6, 6.07) is 0. The number of rotatable bonds is 9. The van der Waals surface area contributed by atoms with Crippen molar-refractivity contribution >= 4 is 23.5 Å². The van der Waals surface area contributed by atoms with Crippen LogP contribution in [0.3, 0.4) is 0 Å². The standard InChI is InChI=1S/C10H22O2S2/c1-3-9(11)7-13-5-6-14-8-10(12)4-2/h9-12H,3-8H2,1-2H3. The van der Waals surface area contributed by atoms with E-state index in [1.807, 2.05) is 13.8 Å². The molecular weight excluding hydrogens is 216 g/mol. The average Bonchev–Trinajstić information content (AvgIpc) is 2.22. The van der Waals surface area contributed by atoms with Gasteiger partial charge >= 0.3 is 0 Å².